The van der Waals surface area contributed by atoms with Gasteiger partial charge < -0.3 is 13.9 Å². The quantitative estimate of drug-likeness (QED) is 0.0444. The zero-order valence-corrected chi connectivity index (χ0v) is 55.8. The van der Waals surface area contributed by atoms with Gasteiger partial charge in [0.1, 0.15) is 5.82 Å². The topological polar surface area (TPSA) is 35.9 Å². The molecule has 0 atom stereocenters. The third kappa shape index (κ3) is 10.8. The Hall–Kier alpha value is -10.8. The minimum absolute atomic E-state index is 0. The largest absolute Gasteiger partial charge is 0.510 e. The molecule has 0 bridgehead atoms. The number of hydrogen-bond acceptors (Lipinski definition) is 2. The minimum Gasteiger partial charge on any atom is -0.510 e. The van der Waals surface area contributed by atoms with Crippen LogP contribution in [0.1, 0.15) is 59.2 Å². The molecule has 0 amide bonds. The van der Waals surface area contributed by atoms with E-state index in [1.54, 1.807) is 53.2 Å². The average molecular weight is 1470 g/mol. The second kappa shape index (κ2) is 25.8. The van der Waals surface area contributed by atoms with Gasteiger partial charge in [0.25, 0.3) is 6.33 Å². The van der Waals surface area contributed by atoms with Crippen molar-refractivity contribution in [2.45, 2.75) is 26.2 Å². The van der Waals surface area contributed by atoms with Crippen LogP contribution in [0, 0.1) is 18.5 Å². The molecule has 8 heteroatoms. The van der Waals surface area contributed by atoms with E-state index in [0.717, 1.165) is 27.0 Å². The minimum atomic E-state index is -6.40. The number of ether oxygens (including phenoxy) is 1. The average Bonchev–Trinajstić information content (AvgIpc) is 0.921. The van der Waals surface area contributed by atoms with Crippen molar-refractivity contribution in [1.29, 1.82) is 0 Å². The molecule has 0 N–H and O–H groups in total. The molecule has 0 saturated heterocycles. The van der Waals surface area contributed by atoms with Gasteiger partial charge >= 0.3 is 0 Å². The molecule has 16 rings (SSSR count). The Balaban J connectivity index is 0.0000112. The van der Waals surface area contributed by atoms with E-state index in [1.807, 2.05) is 36.4 Å². The summed E-state index contributed by atoms with van der Waals surface area (Å²) >= 11 is 0. The number of para-hydroxylation sites is 3. The fourth-order valence-corrected chi connectivity index (χ4v) is 21.3. The molecule has 0 radical (unpaired) electrons. The van der Waals surface area contributed by atoms with Crippen molar-refractivity contribution < 1.29 is 63.3 Å². The van der Waals surface area contributed by atoms with Crippen LogP contribution in [0.25, 0.3) is 72.3 Å². The van der Waals surface area contributed by atoms with E-state index in [-0.39, 0.29) is 66.0 Å². The van der Waals surface area contributed by atoms with E-state index in [4.69, 9.17) is 17.9 Å². The molecule has 3 aromatic heterocycles. The first-order chi connectivity index (χ1) is 56.7. The predicted molar refractivity (Wildman–Crippen MR) is 397 cm³/mol. The Labute approximate surface area is 611 Å². The standard InChI is InChI=1S/C88H66N4OSi2.Pt/c1-88(2,3)66-56-57-89-86(59-66)92-82-55-53-77(95(73-41-19-8-20-42-73,74-43-21-9-22-44-74)75-45-23-10-24-46-75)62-81(82)80-54-52-69(61-85(80)92)93-68-34-28-33-67(60-68)90-63-91(84-51-26-25-50-83(84)90)87-78(64-30-11-4-12-31-64)48-29-49-79(87)65-32-27-47-76(58-65)94(70-35-13-5-14-36-70,71-37-15-6-16-38-71)72-39-17-7-18-40-72;/h4-59,62H,1-3H3;/q-2;/i4D,5D,6D,7D,11D,12D,13D,14D,15D,16D,17D,18D,27D,30D,31D,32D,35D,36D,37D,38D,39D,40D,47D,58D;. The van der Waals surface area contributed by atoms with E-state index in [2.05, 4.69) is 141 Å². The van der Waals surface area contributed by atoms with E-state index >= 15 is 0 Å². The summed E-state index contributed by atoms with van der Waals surface area (Å²) in [7, 11) is -9.46. The van der Waals surface area contributed by atoms with Crippen LogP contribution in [0.4, 0.5) is 0 Å². The van der Waals surface area contributed by atoms with Gasteiger partial charge in [-0.1, -0.05) is 317 Å². The zero-order valence-electron chi connectivity index (χ0n) is 75.6. The Morgan fingerprint density at radius 3 is 1.58 bits per heavy atom. The molecular weight excluding hydrogens is 1380 g/mol. The Bertz CT molecular complexity index is 6590. The van der Waals surface area contributed by atoms with Crippen LogP contribution < -0.4 is 50.8 Å². The van der Waals surface area contributed by atoms with Crippen molar-refractivity contribution in [3.05, 3.63) is 369 Å². The first-order valence-electron chi connectivity index (χ1n) is 42.5. The summed E-state index contributed by atoms with van der Waals surface area (Å²) in [5.74, 6) is 1.09. The third-order valence-corrected chi connectivity index (χ3v) is 26.0. The second-order valence-electron chi connectivity index (χ2n) is 23.6. The van der Waals surface area contributed by atoms with Gasteiger partial charge in [0.05, 0.1) is 49.6 Å². The molecule has 0 aliphatic heterocycles. The maximum absolute atomic E-state index is 10.9. The van der Waals surface area contributed by atoms with Gasteiger partial charge in [0.2, 0.25) is 0 Å². The van der Waals surface area contributed by atoms with E-state index in [1.165, 1.54) is 38.3 Å². The van der Waals surface area contributed by atoms with Crippen LogP contribution in [-0.2, 0) is 26.5 Å². The summed E-state index contributed by atoms with van der Waals surface area (Å²) in [6.07, 6.45) is 5.18. The number of pyridine rings is 1. The number of nitrogens with zero attached hydrogens (tertiary/aromatic N) is 4. The van der Waals surface area contributed by atoms with Crippen LogP contribution in [-0.4, -0.2) is 30.3 Å². The maximum Gasteiger partial charge on any atom is 0.268 e. The summed E-state index contributed by atoms with van der Waals surface area (Å²) < 4.78 is 239. The monoisotopic (exact) mass is 1470 g/mol. The Kier molecular flexibility index (Phi) is 10.7. The molecule has 16 aromatic rings. The van der Waals surface area contributed by atoms with Crippen LogP contribution in [0.2, 0.25) is 0 Å². The molecular formula is C88H66N4OPtSi2-2. The van der Waals surface area contributed by atoms with Gasteiger partial charge in [-0.15, -0.1) is 29.7 Å². The predicted octanol–water partition coefficient (Wildman–Crippen LogP) is 15.0. The molecule has 5 nitrogen and oxygen atoms in total. The van der Waals surface area contributed by atoms with E-state index in [9.17, 15) is 24.7 Å². The Morgan fingerprint density at radius 2 is 0.969 bits per heavy atom. The number of imidazole rings is 1. The van der Waals surface area contributed by atoms with Crippen molar-refractivity contribution in [1.82, 2.24) is 14.1 Å². The molecule has 464 valence electrons. The van der Waals surface area contributed by atoms with Gasteiger partial charge in [-0.25, -0.2) is 4.98 Å². The molecule has 96 heavy (non-hydrogen) atoms. The van der Waals surface area contributed by atoms with Gasteiger partial charge in [-0.3, -0.25) is 4.57 Å². The first kappa shape index (κ1) is 39.8. The summed E-state index contributed by atoms with van der Waals surface area (Å²) in [5.41, 5.74) is 1.15. The van der Waals surface area contributed by atoms with Crippen molar-refractivity contribution >= 4 is 90.5 Å². The van der Waals surface area contributed by atoms with Crippen LogP contribution >= 0.6 is 0 Å². The maximum atomic E-state index is 10.9. The van der Waals surface area contributed by atoms with Crippen LogP contribution in [0.15, 0.2) is 345 Å². The fraction of sp³-hybridized carbons (Fsp3) is 0.0455. The second-order valence-corrected chi connectivity index (χ2v) is 30.9. The summed E-state index contributed by atoms with van der Waals surface area (Å²) in [6, 6.07) is 44.0. The number of fused-ring (bicyclic) bond motifs is 4. The molecule has 0 spiro atoms. The van der Waals surface area contributed by atoms with E-state index in [0.29, 0.717) is 16.9 Å². The summed E-state index contributed by atoms with van der Waals surface area (Å²) in [6.45, 7) is 6.42. The molecule has 0 unspecified atom stereocenters. The smallest absolute Gasteiger partial charge is 0.268 e. The van der Waals surface area contributed by atoms with Crippen molar-refractivity contribution in [2.75, 3.05) is 0 Å². The van der Waals surface area contributed by atoms with Crippen molar-refractivity contribution in [3.63, 3.8) is 0 Å². The van der Waals surface area contributed by atoms with Crippen molar-refractivity contribution in [2.24, 2.45) is 0 Å². The van der Waals surface area contributed by atoms with Gasteiger partial charge in [0, 0.05) is 44.3 Å². The number of rotatable bonds is 15. The van der Waals surface area contributed by atoms with Gasteiger partial charge in [-0.05, 0) is 104 Å². The fourth-order valence-electron chi connectivity index (χ4n) is 13.0. The third-order valence-electron chi connectivity index (χ3n) is 17.2. The zero-order chi connectivity index (χ0) is 84.8. The van der Waals surface area contributed by atoms with Crippen LogP contribution in [0.5, 0.6) is 11.5 Å². The molecule has 0 fully saturated rings. The number of aromatic nitrogens is 4. The number of hydrogen-bond donors (Lipinski definition) is 0. The summed E-state index contributed by atoms with van der Waals surface area (Å²) in [5, 5.41) is 2.30. The van der Waals surface area contributed by atoms with Gasteiger partial charge in [-0.2, -0.15) is 18.2 Å². The van der Waals surface area contributed by atoms with Crippen LogP contribution in [0.3, 0.4) is 0 Å². The SMILES string of the molecule is [2H]c1c([2H])c([2H])c(-c2cccc(-c3c([2H])c([2H])c([2H])c([Si](c4c([2H])c([2H])c([2H])c([2H])c4[2H])(c4c([2H])c([2H])c([2H])c([2H])c4[2H])c4c([2H])c([2H])c([2H])c([2H])c4[2H])c3[2H])c2-[n+]2[c-]n(-c3[c-]c(Oc4[c-]c5c(cc4)c4cc([Si](c6ccccc6)(c6ccccc6)c6ccccc6)ccc4n5-c4cc(C(C)(C)C)ccn4)ccc3)c3ccccc32)c([2H])c1[2H].[Pt]. The molecule has 0 saturated carbocycles. The molecule has 3 heterocycles. The normalized spacial score (nSPS) is 15.3. The Morgan fingerprint density at radius 1 is 0.438 bits per heavy atom. The summed E-state index contributed by atoms with van der Waals surface area (Å²) in [4.78, 5) is 5.02. The molecule has 0 aliphatic carbocycles. The number of benzene rings is 13. The molecule has 0 aliphatic rings. The first-order valence-corrected chi connectivity index (χ1v) is 34.5. The van der Waals surface area contributed by atoms with E-state index < -0.39 is 193 Å². The molecule has 13 aromatic carbocycles. The van der Waals surface area contributed by atoms with Crippen molar-refractivity contribution in [3.8, 4) is 50.9 Å². The van der Waals surface area contributed by atoms with Gasteiger partial charge in [0.15, 0.2) is 16.1 Å².